The van der Waals surface area contributed by atoms with Crippen molar-refractivity contribution in [3.8, 4) is 0 Å². The Morgan fingerprint density at radius 1 is 0.955 bits per heavy atom. The molecule has 1 aromatic heterocycles. The van der Waals surface area contributed by atoms with E-state index in [-0.39, 0.29) is 0 Å². The fraction of sp³-hybridized carbons (Fsp3) is 0.368. The van der Waals surface area contributed by atoms with Gasteiger partial charge in [-0.3, -0.25) is 0 Å². The van der Waals surface area contributed by atoms with Crippen LogP contribution in [-0.4, -0.2) is 29.7 Å². The van der Waals surface area contributed by atoms with E-state index in [1.165, 1.54) is 31.1 Å². The third-order valence-corrected chi connectivity index (χ3v) is 10.7. The molecular weight excluding hydrogens is 372 g/mol. The van der Waals surface area contributed by atoms with Gasteiger partial charge in [-0.1, -0.05) is 0 Å². The van der Waals surface area contributed by atoms with E-state index in [0.29, 0.717) is 6.85 Å². The average Bonchev–Trinajstić information content (AvgIpc) is 3.02. The van der Waals surface area contributed by atoms with Crippen LogP contribution in [0.25, 0.3) is 3.59 Å². The first-order chi connectivity index (χ1) is 10.6. The van der Waals surface area contributed by atoms with Gasteiger partial charge in [-0.05, 0) is 0 Å². The summed E-state index contributed by atoms with van der Waals surface area (Å²) in [6, 6.07) is 15.5. The van der Waals surface area contributed by atoms with E-state index in [0.717, 1.165) is 0 Å². The number of rotatable bonds is 3. The molecule has 0 N–H and O–H groups in total. The van der Waals surface area contributed by atoms with Crippen molar-refractivity contribution in [1.82, 2.24) is 4.48 Å². The fourth-order valence-electron chi connectivity index (χ4n) is 3.88. The average molecular weight is 398 g/mol. The number of allylic oxidation sites excluding steroid dienone is 1. The number of benzene rings is 1. The zero-order valence-electron chi connectivity index (χ0n) is 14.0. The van der Waals surface area contributed by atoms with Crippen LogP contribution < -0.4 is 0 Å². The van der Waals surface area contributed by atoms with Crippen LogP contribution in [0.1, 0.15) is 24.8 Å². The van der Waals surface area contributed by atoms with Gasteiger partial charge in [0.1, 0.15) is 0 Å². The van der Waals surface area contributed by atoms with Gasteiger partial charge in [-0.15, -0.1) is 0 Å². The summed E-state index contributed by atoms with van der Waals surface area (Å²) in [5, 5.41) is 0. The molecule has 1 fully saturated rings. The normalized spacial score (nSPS) is 18.4. The summed E-state index contributed by atoms with van der Waals surface area (Å²) in [7, 11) is 0. The van der Waals surface area contributed by atoms with Gasteiger partial charge >= 0.3 is 140 Å². The first-order valence-corrected chi connectivity index (χ1v) is 18.5. The predicted molar refractivity (Wildman–Crippen MR) is 101 cm³/mol. The molecule has 1 aliphatic rings. The molecule has 0 aliphatic carbocycles. The van der Waals surface area contributed by atoms with Gasteiger partial charge in [-0.25, -0.2) is 0 Å². The number of nitrogens with zero attached hydrogens (tertiary/aromatic N) is 1. The topological polar surface area (TPSA) is 4.93 Å². The van der Waals surface area contributed by atoms with E-state index in [2.05, 4.69) is 74.2 Å². The fourth-order valence-corrected chi connectivity index (χ4v) is 10.4. The molecular formula is C19H26BNSn. The summed E-state index contributed by atoms with van der Waals surface area (Å²) in [6.45, 7) is 0.579. The van der Waals surface area contributed by atoms with E-state index < -0.39 is 18.4 Å². The van der Waals surface area contributed by atoms with Crippen LogP contribution in [0.2, 0.25) is 21.1 Å². The van der Waals surface area contributed by atoms with E-state index in [4.69, 9.17) is 0 Å². The molecule has 0 spiro atoms. The Morgan fingerprint density at radius 2 is 1.64 bits per heavy atom. The van der Waals surface area contributed by atoms with Gasteiger partial charge in [0, 0.05) is 0 Å². The molecule has 0 atom stereocenters. The molecule has 0 radical (unpaired) electrons. The van der Waals surface area contributed by atoms with Gasteiger partial charge < -0.3 is 0 Å². The Kier molecular flexibility index (Phi) is 4.86. The minimum absolute atomic E-state index is 0.579. The van der Waals surface area contributed by atoms with Crippen LogP contribution in [0.15, 0.2) is 60.3 Å². The summed E-state index contributed by atoms with van der Waals surface area (Å²) >= 11 is -2.21. The second kappa shape index (κ2) is 6.70. The Hall–Kier alpha value is -0.896. The molecule has 3 rings (SSSR count). The molecule has 1 nitrogen and oxygen atoms in total. The quantitative estimate of drug-likeness (QED) is 0.612. The van der Waals surface area contributed by atoms with Crippen LogP contribution in [0, 0.1) is 0 Å². The van der Waals surface area contributed by atoms with Gasteiger partial charge in [-0.2, -0.15) is 0 Å². The molecule has 0 unspecified atom stereocenters. The van der Waals surface area contributed by atoms with Crippen LogP contribution in [0.3, 0.4) is 0 Å². The first-order valence-electron chi connectivity index (χ1n) is 8.49. The molecule has 1 aliphatic heterocycles. The van der Waals surface area contributed by atoms with Crippen molar-refractivity contribution in [1.29, 1.82) is 0 Å². The monoisotopic (exact) mass is 399 g/mol. The summed E-state index contributed by atoms with van der Waals surface area (Å²) in [5.74, 6) is 0. The molecule has 2 heterocycles. The molecule has 3 heteroatoms. The molecule has 0 saturated carbocycles. The van der Waals surface area contributed by atoms with Gasteiger partial charge in [0.2, 0.25) is 0 Å². The Morgan fingerprint density at radius 3 is 2.27 bits per heavy atom. The summed E-state index contributed by atoms with van der Waals surface area (Å²) in [4.78, 5) is 7.68. The van der Waals surface area contributed by atoms with Gasteiger partial charge in [0.05, 0.1) is 0 Å². The predicted octanol–water partition coefficient (Wildman–Crippen LogP) is 5.38. The number of hydrogen-bond donors (Lipinski definition) is 0. The third kappa shape index (κ3) is 3.37. The van der Waals surface area contributed by atoms with E-state index in [9.17, 15) is 0 Å². The SMILES string of the molecule is [CH3][Sn]([CH3])([CH3])/[C](=C1/CCCCB1n1cccc1)c1ccccc1. The number of aromatic nitrogens is 1. The Labute approximate surface area is 139 Å². The molecule has 114 valence electrons. The maximum absolute atomic E-state index is 2.56. The van der Waals surface area contributed by atoms with Crippen LogP contribution in [0.4, 0.5) is 0 Å². The zero-order valence-corrected chi connectivity index (χ0v) is 16.9. The molecule has 22 heavy (non-hydrogen) atoms. The van der Waals surface area contributed by atoms with Crippen LogP contribution in [-0.2, 0) is 0 Å². The van der Waals surface area contributed by atoms with Crippen LogP contribution >= 0.6 is 0 Å². The Balaban J connectivity index is 2.15. The second-order valence-electron chi connectivity index (χ2n) is 7.41. The van der Waals surface area contributed by atoms with Gasteiger partial charge in [0.25, 0.3) is 0 Å². The van der Waals surface area contributed by atoms with E-state index in [1.807, 2.05) is 0 Å². The molecule has 1 saturated heterocycles. The van der Waals surface area contributed by atoms with Gasteiger partial charge in [0.15, 0.2) is 0 Å². The first kappa shape index (κ1) is 16.0. The van der Waals surface area contributed by atoms with E-state index in [1.54, 1.807) is 9.06 Å². The molecule has 0 bridgehead atoms. The summed E-state index contributed by atoms with van der Waals surface area (Å²) in [5.41, 5.74) is 3.22. The maximum atomic E-state index is 2.56. The summed E-state index contributed by atoms with van der Waals surface area (Å²) in [6.07, 6.45) is 9.77. The van der Waals surface area contributed by atoms with Crippen molar-refractivity contribution < 1.29 is 0 Å². The number of hydrogen-bond acceptors (Lipinski definition) is 0. The molecule has 1 aromatic carbocycles. The van der Waals surface area contributed by atoms with Crippen molar-refractivity contribution in [2.24, 2.45) is 0 Å². The van der Waals surface area contributed by atoms with Crippen molar-refractivity contribution in [3.05, 3.63) is 65.9 Å². The molecule has 0 amide bonds. The van der Waals surface area contributed by atoms with Crippen molar-refractivity contribution >= 4 is 28.8 Å². The van der Waals surface area contributed by atoms with E-state index >= 15 is 0 Å². The Bertz CT molecular complexity index is 638. The summed E-state index contributed by atoms with van der Waals surface area (Å²) < 4.78 is 4.20. The zero-order chi connectivity index (χ0) is 15.6. The minimum atomic E-state index is -2.21. The van der Waals surface area contributed by atoms with Crippen molar-refractivity contribution in [3.63, 3.8) is 0 Å². The third-order valence-electron chi connectivity index (χ3n) is 4.70. The van der Waals surface area contributed by atoms with Crippen molar-refractivity contribution in [2.45, 2.75) is 40.4 Å². The second-order valence-corrected chi connectivity index (χ2v) is 21.7. The standard InChI is InChI=1S/C16H17BN.3CH3.Sn/c1-2-8-15(9-3-1)14-16-10-4-5-11-17(16)18-12-6-7-13-18;;;;/h1-3,6-9,12-13H,4-5,10-11H2;3*1H3;. The van der Waals surface area contributed by atoms with Crippen molar-refractivity contribution in [2.75, 3.05) is 0 Å². The van der Waals surface area contributed by atoms with Crippen LogP contribution in [0.5, 0.6) is 0 Å². The molecule has 2 aromatic rings.